The van der Waals surface area contributed by atoms with E-state index in [1.807, 2.05) is 6.07 Å². The largest absolute Gasteiger partial charge is 0.508 e. The lowest BCUT2D eigenvalue weighted by Gasteiger charge is -2.23. The summed E-state index contributed by atoms with van der Waals surface area (Å²) < 4.78 is 0. The minimum Gasteiger partial charge on any atom is -0.508 e. The zero-order chi connectivity index (χ0) is 13.0. The number of nitrogens with one attached hydrogen (secondary N) is 1. The number of benzene rings is 1. The molecule has 18 heavy (non-hydrogen) atoms. The molecule has 1 unspecified atom stereocenters. The van der Waals surface area contributed by atoms with Gasteiger partial charge >= 0.3 is 0 Å². The lowest BCUT2D eigenvalue weighted by Crippen LogP contribution is -2.31. The van der Waals surface area contributed by atoms with E-state index in [9.17, 15) is 5.11 Å². The number of rotatable bonds is 3. The van der Waals surface area contributed by atoms with Crippen LogP contribution in [0.25, 0.3) is 0 Å². The molecule has 0 spiro atoms. The van der Waals surface area contributed by atoms with E-state index in [-0.39, 0.29) is 6.04 Å². The van der Waals surface area contributed by atoms with E-state index in [1.54, 1.807) is 6.07 Å². The van der Waals surface area contributed by atoms with Crippen LogP contribution in [0.2, 0.25) is 0 Å². The number of phenolic OH excluding ortho intramolecular Hbond substituents is 1. The van der Waals surface area contributed by atoms with Crippen LogP contribution in [-0.4, -0.2) is 11.1 Å². The van der Waals surface area contributed by atoms with Crippen molar-refractivity contribution in [3.05, 3.63) is 29.3 Å². The fourth-order valence-electron chi connectivity index (χ4n) is 2.91. The van der Waals surface area contributed by atoms with Gasteiger partial charge in [0, 0.05) is 17.6 Å². The molecule has 0 heterocycles. The Hall–Kier alpha value is -1.02. The minimum absolute atomic E-state index is 0.230. The highest BCUT2D eigenvalue weighted by molar-refractivity contribution is 5.37. The molecule has 1 aromatic rings. The third-order valence-electron chi connectivity index (χ3n) is 3.99. The van der Waals surface area contributed by atoms with Crippen molar-refractivity contribution in [2.75, 3.05) is 0 Å². The van der Waals surface area contributed by atoms with E-state index in [1.165, 1.54) is 44.1 Å². The van der Waals surface area contributed by atoms with E-state index in [0.717, 1.165) is 5.56 Å². The number of aromatic hydroxyl groups is 1. The van der Waals surface area contributed by atoms with Crippen molar-refractivity contribution in [1.29, 1.82) is 0 Å². The standard InChI is InChI=1S/C16H25NO/c1-12-9-10-16(18)15(11-12)13(2)17-14-7-5-3-4-6-8-14/h9-11,13-14,17-18H,3-8H2,1-2H3. The quantitative estimate of drug-likeness (QED) is 0.789. The highest BCUT2D eigenvalue weighted by atomic mass is 16.3. The second-order valence-corrected chi connectivity index (χ2v) is 5.64. The van der Waals surface area contributed by atoms with Crippen LogP contribution in [0, 0.1) is 6.92 Å². The Kier molecular flexibility index (Phi) is 4.65. The van der Waals surface area contributed by atoms with E-state index in [0.29, 0.717) is 11.8 Å². The highest BCUT2D eigenvalue weighted by Crippen LogP contribution is 2.27. The van der Waals surface area contributed by atoms with Crippen molar-refractivity contribution in [1.82, 2.24) is 5.32 Å². The molecule has 0 radical (unpaired) electrons. The first-order valence-electron chi connectivity index (χ1n) is 7.22. The summed E-state index contributed by atoms with van der Waals surface area (Å²) in [5, 5.41) is 13.6. The van der Waals surface area contributed by atoms with Gasteiger partial charge in [-0.3, -0.25) is 0 Å². The van der Waals surface area contributed by atoms with Crippen LogP contribution >= 0.6 is 0 Å². The van der Waals surface area contributed by atoms with Crippen LogP contribution in [0.1, 0.15) is 62.6 Å². The zero-order valence-corrected chi connectivity index (χ0v) is 11.6. The average Bonchev–Trinajstić information content (AvgIpc) is 2.61. The van der Waals surface area contributed by atoms with Crippen molar-refractivity contribution in [3.8, 4) is 5.75 Å². The molecule has 0 aliphatic heterocycles. The van der Waals surface area contributed by atoms with Crippen molar-refractivity contribution >= 4 is 0 Å². The summed E-state index contributed by atoms with van der Waals surface area (Å²) in [6, 6.07) is 6.69. The van der Waals surface area contributed by atoms with Crippen LogP contribution in [-0.2, 0) is 0 Å². The molecule has 2 nitrogen and oxygen atoms in total. The van der Waals surface area contributed by atoms with Gasteiger partial charge in [0.15, 0.2) is 0 Å². The summed E-state index contributed by atoms with van der Waals surface area (Å²) in [5.41, 5.74) is 2.23. The predicted octanol–water partition coefficient (Wildman–Crippen LogP) is 4.07. The molecule has 1 saturated carbocycles. The second-order valence-electron chi connectivity index (χ2n) is 5.64. The van der Waals surface area contributed by atoms with Crippen LogP contribution in [0.5, 0.6) is 5.75 Å². The van der Waals surface area contributed by atoms with Gasteiger partial charge in [-0.1, -0.05) is 43.4 Å². The summed E-state index contributed by atoms with van der Waals surface area (Å²) in [7, 11) is 0. The zero-order valence-electron chi connectivity index (χ0n) is 11.6. The first-order chi connectivity index (χ1) is 8.66. The highest BCUT2D eigenvalue weighted by Gasteiger charge is 2.17. The van der Waals surface area contributed by atoms with Gasteiger partial charge in [0.25, 0.3) is 0 Å². The van der Waals surface area contributed by atoms with Gasteiger partial charge in [-0.15, -0.1) is 0 Å². The van der Waals surface area contributed by atoms with Gasteiger partial charge < -0.3 is 10.4 Å². The van der Waals surface area contributed by atoms with E-state index in [4.69, 9.17) is 0 Å². The lowest BCUT2D eigenvalue weighted by molar-refractivity contribution is 0.398. The van der Waals surface area contributed by atoms with Crippen LogP contribution in [0.3, 0.4) is 0 Å². The van der Waals surface area contributed by atoms with Gasteiger partial charge in [-0.2, -0.15) is 0 Å². The molecule has 1 aromatic carbocycles. The Bertz CT molecular complexity index is 381. The normalized spacial score (nSPS) is 19.4. The van der Waals surface area contributed by atoms with E-state index >= 15 is 0 Å². The fraction of sp³-hybridized carbons (Fsp3) is 0.625. The first-order valence-corrected chi connectivity index (χ1v) is 7.22. The molecule has 0 amide bonds. The Morgan fingerprint density at radius 3 is 2.50 bits per heavy atom. The third-order valence-corrected chi connectivity index (χ3v) is 3.99. The molecule has 0 aromatic heterocycles. The molecule has 1 fully saturated rings. The third kappa shape index (κ3) is 3.49. The fourth-order valence-corrected chi connectivity index (χ4v) is 2.91. The number of hydrogen-bond donors (Lipinski definition) is 2. The Labute approximate surface area is 110 Å². The molecule has 2 heteroatoms. The number of phenols is 1. The van der Waals surface area contributed by atoms with Gasteiger partial charge in [0.1, 0.15) is 5.75 Å². The molecular weight excluding hydrogens is 222 g/mol. The summed E-state index contributed by atoms with van der Waals surface area (Å²) in [4.78, 5) is 0. The monoisotopic (exact) mass is 247 g/mol. The maximum absolute atomic E-state index is 9.95. The summed E-state index contributed by atoms with van der Waals surface area (Å²) in [6.45, 7) is 4.22. The molecule has 1 aliphatic rings. The van der Waals surface area contributed by atoms with Crippen molar-refractivity contribution < 1.29 is 5.11 Å². The maximum atomic E-state index is 9.95. The summed E-state index contributed by atoms with van der Waals surface area (Å²) in [6.07, 6.45) is 7.98. The van der Waals surface area contributed by atoms with Crippen molar-refractivity contribution in [3.63, 3.8) is 0 Å². The van der Waals surface area contributed by atoms with Gasteiger partial charge in [0.2, 0.25) is 0 Å². The van der Waals surface area contributed by atoms with Crippen LogP contribution in [0.4, 0.5) is 0 Å². The summed E-state index contributed by atoms with van der Waals surface area (Å²) in [5.74, 6) is 0.411. The van der Waals surface area contributed by atoms with Crippen molar-refractivity contribution in [2.24, 2.45) is 0 Å². The molecular formula is C16H25NO. The van der Waals surface area contributed by atoms with E-state index < -0.39 is 0 Å². The second kappa shape index (κ2) is 6.24. The van der Waals surface area contributed by atoms with E-state index in [2.05, 4.69) is 25.2 Å². The molecule has 0 saturated heterocycles. The SMILES string of the molecule is Cc1ccc(O)c(C(C)NC2CCCCCC2)c1. The number of aryl methyl sites for hydroxylation is 1. The van der Waals surface area contributed by atoms with Gasteiger partial charge in [-0.05, 0) is 32.8 Å². The lowest BCUT2D eigenvalue weighted by atomic mass is 10.0. The Morgan fingerprint density at radius 2 is 1.83 bits per heavy atom. The van der Waals surface area contributed by atoms with Gasteiger partial charge in [0.05, 0.1) is 0 Å². The molecule has 1 aliphatic carbocycles. The van der Waals surface area contributed by atoms with Crippen LogP contribution in [0.15, 0.2) is 18.2 Å². The first kappa shape index (κ1) is 13.4. The van der Waals surface area contributed by atoms with Crippen LogP contribution < -0.4 is 5.32 Å². The smallest absolute Gasteiger partial charge is 0.120 e. The Morgan fingerprint density at radius 1 is 1.17 bits per heavy atom. The molecule has 1 atom stereocenters. The minimum atomic E-state index is 0.230. The summed E-state index contributed by atoms with van der Waals surface area (Å²) >= 11 is 0. The number of hydrogen-bond acceptors (Lipinski definition) is 2. The molecule has 2 rings (SSSR count). The molecule has 0 bridgehead atoms. The van der Waals surface area contributed by atoms with Gasteiger partial charge in [-0.25, -0.2) is 0 Å². The van der Waals surface area contributed by atoms with Crippen molar-refractivity contribution in [2.45, 2.75) is 64.5 Å². The Balaban J connectivity index is 2.01. The average molecular weight is 247 g/mol. The molecule has 100 valence electrons. The topological polar surface area (TPSA) is 32.3 Å². The molecule has 2 N–H and O–H groups in total. The maximum Gasteiger partial charge on any atom is 0.120 e. The predicted molar refractivity (Wildman–Crippen MR) is 75.9 cm³/mol.